The van der Waals surface area contributed by atoms with Gasteiger partial charge in [0.05, 0.1) is 17.1 Å². The lowest BCUT2D eigenvalue weighted by atomic mass is 10.3. The topological polar surface area (TPSA) is 86.1 Å². The molecular formula is C21H16ClFN4O3S. The first-order valence-electron chi connectivity index (χ1n) is 9.21. The number of nitrogens with one attached hydrogen (secondary N) is 1. The summed E-state index contributed by atoms with van der Waals surface area (Å²) in [6, 6.07) is 10.8. The minimum atomic E-state index is -1.05. The van der Waals surface area contributed by atoms with E-state index in [9.17, 15) is 14.0 Å². The van der Waals surface area contributed by atoms with Crippen LogP contribution >= 0.6 is 22.9 Å². The molecule has 0 aliphatic carbocycles. The zero-order valence-electron chi connectivity index (χ0n) is 16.4. The zero-order valence-corrected chi connectivity index (χ0v) is 18.0. The van der Waals surface area contributed by atoms with Gasteiger partial charge in [0.15, 0.2) is 11.3 Å². The molecule has 4 rings (SSSR count). The maximum Gasteiger partial charge on any atom is 0.349 e. The summed E-state index contributed by atoms with van der Waals surface area (Å²) in [4.78, 5) is 29.9. The van der Waals surface area contributed by atoms with Crippen LogP contribution < -0.4 is 5.32 Å². The van der Waals surface area contributed by atoms with E-state index in [-0.39, 0.29) is 11.0 Å². The molecule has 1 unspecified atom stereocenters. The van der Waals surface area contributed by atoms with Gasteiger partial charge in [-0.25, -0.2) is 18.9 Å². The Bertz CT molecular complexity index is 1290. The van der Waals surface area contributed by atoms with E-state index in [0.717, 1.165) is 10.2 Å². The molecule has 0 fully saturated rings. The van der Waals surface area contributed by atoms with Gasteiger partial charge >= 0.3 is 5.97 Å². The highest BCUT2D eigenvalue weighted by molar-refractivity contribution is 7.20. The first-order chi connectivity index (χ1) is 14.8. The van der Waals surface area contributed by atoms with E-state index in [2.05, 4.69) is 15.4 Å². The molecule has 1 atom stereocenters. The molecule has 3 heterocycles. The molecule has 1 N–H and O–H groups in total. The van der Waals surface area contributed by atoms with Crippen molar-refractivity contribution in [3.8, 4) is 5.69 Å². The Morgan fingerprint density at radius 2 is 2.00 bits per heavy atom. The average molecular weight is 459 g/mol. The third-order valence-corrected chi connectivity index (χ3v) is 5.88. The third kappa shape index (κ3) is 4.28. The van der Waals surface area contributed by atoms with E-state index in [0.29, 0.717) is 21.9 Å². The molecule has 10 heteroatoms. The second-order valence-corrected chi connectivity index (χ2v) is 8.07. The highest BCUT2D eigenvalue weighted by atomic mass is 35.5. The van der Waals surface area contributed by atoms with Gasteiger partial charge in [-0.3, -0.25) is 4.79 Å². The number of aryl methyl sites for hydroxylation is 1. The van der Waals surface area contributed by atoms with Crippen LogP contribution in [0.25, 0.3) is 15.9 Å². The Hall–Kier alpha value is -3.30. The number of amides is 1. The van der Waals surface area contributed by atoms with E-state index < -0.39 is 18.0 Å². The molecule has 0 aliphatic heterocycles. The molecule has 1 amide bonds. The van der Waals surface area contributed by atoms with Gasteiger partial charge in [-0.2, -0.15) is 5.10 Å². The fourth-order valence-electron chi connectivity index (χ4n) is 2.89. The molecule has 0 radical (unpaired) electrons. The predicted octanol–water partition coefficient (Wildman–Crippen LogP) is 4.77. The van der Waals surface area contributed by atoms with Crippen molar-refractivity contribution in [1.29, 1.82) is 0 Å². The van der Waals surface area contributed by atoms with E-state index in [1.807, 2.05) is 6.92 Å². The second-order valence-electron chi connectivity index (χ2n) is 6.68. The lowest BCUT2D eigenvalue weighted by molar-refractivity contribution is -0.123. The van der Waals surface area contributed by atoms with Crippen molar-refractivity contribution in [2.75, 3.05) is 5.32 Å². The largest absolute Gasteiger partial charge is 0.448 e. The number of fused-ring (bicyclic) bond motifs is 1. The number of carbonyl (C=O) groups excluding carboxylic acids is 2. The lowest BCUT2D eigenvalue weighted by Gasteiger charge is -2.13. The molecule has 0 spiro atoms. The molecule has 0 saturated carbocycles. The molecule has 3 aromatic heterocycles. The minimum Gasteiger partial charge on any atom is -0.448 e. The molecule has 1 aromatic carbocycles. The van der Waals surface area contributed by atoms with Crippen molar-refractivity contribution in [3.63, 3.8) is 0 Å². The van der Waals surface area contributed by atoms with Crippen LogP contribution in [-0.2, 0) is 9.53 Å². The standard InChI is InChI=1S/C21H16ClFN4O3S/c1-11-15-10-17(31-20(15)27(26-11)14-7-5-13(23)6-8-14)21(29)30-12(2)19(28)25-16-4-3-9-24-18(16)22/h3-10,12H,1-2H3,(H,25,28). The van der Waals surface area contributed by atoms with E-state index in [1.54, 1.807) is 35.0 Å². The van der Waals surface area contributed by atoms with Crippen molar-refractivity contribution >= 4 is 50.7 Å². The van der Waals surface area contributed by atoms with Crippen LogP contribution in [0.2, 0.25) is 5.15 Å². The van der Waals surface area contributed by atoms with Gasteiger partial charge in [-0.1, -0.05) is 11.6 Å². The van der Waals surface area contributed by atoms with E-state index in [1.165, 1.54) is 36.6 Å². The fourth-order valence-corrected chi connectivity index (χ4v) is 4.12. The van der Waals surface area contributed by atoms with Gasteiger partial charge in [0.2, 0.25) is 0 Å². The molecule has 7 nitrogen and oxygen atoms in total. The van der Waals surface area contributed by atoms with Crippen molar-refractivity contribution in [3.05, 3.63) is 70.2 Å². The monoisotopic (exact) mass is 458 g/mol. The highest BCUT2D eigenvalue weighted by Crippen LogP contribution is 2.31. The van der Waals surface area contributed by atoms with Crippen molar-refractivity contribution in [2.24, 2.45) is 0 Å². The SMILES string of the molecule is Cc1nn(-c2ccc(F)cc2)c2sc(C(=O)OC(C)C(=O)Nc3cccnc3Cl)cc12. The number of aromatic nitrogens is 3. The van der Waals surface area contributed by atoms with Gasteiger partial charge in [0.25, 0.3) is 5.91 Å². The number of thiophene rings is 1. The van der Waals surface area contributed by atoms with Crippen LogP contribution in [-0.4, -0.2) is 32.7 Å². The van der Waals surface area contributed by atoms with Gasteiger partial charge in [0.1, 0.15) is 15.5 Å². The van der Waals surface area contributed by atoms with Gasteiger partial charge < -0.3 is 10.1 Å². The first-order valence-corrected chi connectivity index (χ1v) is 10.4. The Morgan fingerprint density at radius 1 is 1.26 bits per heavy atom. The number of nitrogens with zero attached hydrogens (tertiary/aromatic N) is 3. The maximum absolute atomic E-state index is 13.2. The molecule has 0 bridgehead atoms. The smallest absolute Gasteiger partial charge is 0.349 e. The van der Waals surface area contributed by atoms with Gasteiger partial charge in [-0.05, 0) is 56.3 Å². The Balaban J connectivity index is 1.53. The van der Waals surface area contributed by atoms with Gasteiger partial charge in [-0.15, -0.1) is 11.3 Å². The number of halogens is 2. The number of pyridine rings is 1. The summed E-state index contributed by atoms with van der Waals surface area (Å²) in [6.07, 6.45) is 0.446. The Labute approximate surface area is 185 Å². The number of ether oxygens (including phenoxy) is 1. The number of esters is 1. The molecule has 0 aliphatic rings. The molecular weight excluding hydrogens is 443 g/mol. The van der Waals surface area contributed by atoms with Crippen LogP contribution in [0.3, 0.4) is 0 Å². The van der Waals surface area contributed by atoms with Crippen LogP contribution in [0.15, 0.2) is 48.7 Å². The number of benzene rings is 1. The second kappa shape index (κ2) is 8.44. The predicted molar refractivity (Wildman–Crippen MR) is 116 cm³/mol. The quantitative estimate of drug-likeness (QED) is 0.344. The normalized spacial score (nSPS) is 12.0. The summed E-state index contributed by atoms with van der Waals surface area (Å²) < 4.78 is 20.2. The van der Waals surface area contributed by atoms with Crippen LogP contribution in [0.4, 0.5) is 10.1 Å². The van der Waals surface area contributed by atoms with Crippen molar-refractivity contribution < 1.29 is 18.7 Å². The number of anilines is 1. The molecule has 4 aromatic rings. The average Bonchev–Trinajstić information content (AvgIpc) is 3.31. The summed E-state index contributed by atoms with van der Waals surface area (Å²) in [7, 11) is 0. The summed E-state index contributed by atoms with van der Waals surface area (Å²) in [5.41, 5.74) is 1.71. The summed E-state index contributed by atoms with van der Waals surface area (Å²) in [6.45, 7) is 3.29. The van der Waals surface area contributed by atoms with Crippen LogP contribution in [0.5, 0.6) is 0 Å². The van der Waals surface area contributed by atoms with Crippen molar-refractivity contribution in [1.82, 2.24) is 14.8 Å². The van der Waals surface area contributed by atoms with Crippen molar-refractivity contribution in [2.45, 2.75) is 20.0 Å². The maximum atomic E-state index is 13.2. The van der Waals surface area contributed by atoms with Gasteiger partial charge in [0, 0.05) is 11.6 Å². The number of rotatable bonds is 5. The summed E-state index contributed by atoms with van der Waals surface area (Å²) in [5, 5.41) is 7.96. The molecule has 31 heavy (non-hydrogen) atoms. The Morgan fingerprint density at radius 3 is 2.71 bits per heavy atom. The number of hydrogen-bond donors (Lipinski definition) is 1. The molecule has 0 saturated heterocycles. The first kappa shape index (κ1) is 21.0. The minimum absolute atomic E-state index is 0.139. The van der Waals surface area contributed by atoms with E-state index in [4.69, 9.17) is 16.3 Å². The van der Waals surface area contributed by atoms with Crippen LogP contribution in [0, 0.1) is 12.7 Å². The zero-order chi connectivity index (χ0) is 22.1. The van der Waals surface area contributed by atoms with E-state index >= 15 is 0 Å². The highest BCUT2D eigenvalue weighted by Gasteiger charge is 2.23. The number of hydrogen-bond acceptors (Lipinski definition) is 6. The number of carbonyl (C=O) groups is 2. The third-order valence-electron chi connectivity index (χ3n) is 4.49. The lowest BCUT2D eigenvalue weighted by Crippen LogP contribution is -2.29. The van der Waals surface area contributed by atoms with Crippen LogP contribution in [0.1, 0.15) is 22.3 Å². The molecule has 158 valence electrons. The summed E-state index contributed by atoms with van der Waals surface area (Å²) >= 11 is 7.12. The summed E-state index contributed by atoms with van der Waals surface area (Å²) in [5.74, 6) is -1.51. The fraction of sp³-hybridized carbons (Fsp3) is 0.143. The Kier molecular flexibility index (Phi) is 5.71.